The van der Waals surface area contributed by atoms with Crippen molar-refractivity contribution in [1.82, 2.24) is 4.90 Å². The van der Waals surface area contributed by atoms with Gasteiger partial charge in [-0.25, -0.2) is 9.18 Å². The Bertz CT molecular complexity index is 1160. The molecule has 2 heterocycles. The van der Waals surface area contributed by atoms with Gasteiger partial charge in [0.15, 0.2) is 0 Å². The fourth-order valence-electron chi connectivity index (χ4n) is 4.07. The molecule has 0 saturated carbocycles. The van der Waals surface area contributed by atoms with Gasteiger partial charge in [-0.1, -0.05) is 5.92 Å². The first kappa shape index (κ1) is 24.2. The van der Waals surface area contributed by atoms with Gasteiger partial charge in [0.05, 0.1) is 18.4 Å². The quantitative estimate of drug-likeness (QED) is 0.641. The summed E-state index contributed by atoms with van der Waals surface area (Å²) in [7, 11) is 1.50. The van der Waals surface area contributed by atoms with Crippen LogP contribution in [-0.4, -0.2) is 68.3 Å². The number of carbonyl (C=O) groups is 3. The van der Waals surface area contributed by atoms with Gasteiger partial charge in [0.1, 0.15) is 18.5 Å². The van der Waals surface area contributed by atoms with Gasteiger partial charge in [-0.3, -0.25) is 9.59 Å². The largest absolute Gasteiger partial charge is 0.380 e. The minimum atomic E-state index is -0.871. The van der Waals surface area contributed by atoms with Crippen molar-refractivity contribution in [3.05, 3.63) is 53.8 Å². The molecule has 2 aromatic rings. The molecule has 182 valence electrons. The van der Waals surface area contributed by atoms with Gasteiger partial charge in [0.25, 0.3) is 5.91 Å². The highest BCUT2D eigenvalue weighted by molar-refractivity contribution is 6.00. The maximum Gasteiger partial charge on any atom is 0.322 e. The molecule has 2 atom stereocenters. The van der Waals surface area contributed by atoms with Crippen LogP contribution in [0.3, 0.4) is 0 Å². The second-order valence-corrected chi connectivity index (χ2v) is 8.16. The number of methoxy groups -OCH3 is 1. The van der Waals surface area contributed by atoms with Gasteiger partial charge in [-0.05, 0) is 42.5 Å². The highest BCUT2D eigenvalue weighted by atomic mass is 19.1. The van der Waals surface area contributed by atoms with Crippen LogP contribution in [0.25, 0.3) is 0 Å². The summed E-state index contributed by atoms with van der Waals surface area (Å²) in [6, 6.07) is 9.51. The molecule has 35 heavy (non-hydrogen) atoms. The number of terminal acetylenes is 1. The van der Waals surface area contributed by atoms with Crippen molar-refractivity contribution in [3.63, 3.8) is 0 Å². The van der Waals surface area contributed by atoms with Crippen LogP contribution in [0.5, 0.6) is 0 Å². The predicted octanol–water partition coefficient (Wildman–Crippen LogP) is 2.43. The lowest BCUT2D eigenvalue weighted by Crippen LogP contribution is -2.45. The van der Waals surface area contributed by atoms with E-state index < -0.39 is 23.8 Å². The summed E-state index contributed by atoms with van der Waals surface area (Å²) in [5.41, 5.74) is 1.52. The molecule has 2 aliphatic heterocycles. The topological polar surface area (TPSA) is 100 Å². The average Bonchev–Trinajstić information content (AvgIpc) is 3.31. The molecule has 2 fully saturated rings. The van der Waals surface area contributed by atoms with Crippen molar-refractivity contribution >= 4 is 34.9 Å². The number of amides is 4. The second kappa shape index (κ2) is 10.5. The molecule has 0 radical (unpaired) electrons. The number of halogens is 1. The monoisotopic (exact) mass is 480 g/mol. The lowest BCUT2D eigenvalue weighted by molar-refractivity contribution is -0.125. The Morgan fingerprint density at radius 3 is 2.63 bits per heavy atom. The Hall–Kier alpha value is -3.94. The molecule has 0 aromatic heterocycles. The Labute approximate surface area is 202 Å². The number of likely N-dealkylation sites (tertiary alicyclic amines) is 1. The summed E-state index contributed by atoms with van der Waals surface area (Å²) < 4.78 is 25.3. The third kappa shape index (κ3) is 5.42. The van der Waals surface area contributed by atoms with Gasteiger partial charge in [-0.15, -0.1) is 6.42 Å². The number of nitrogens with one attached hydrogen (secondary N) is 2. The van der Waals surface area contributed by atoms with E-state index in [0.717, 1.165) is 0 Å². The van der Waals surface area contributed by atoms with Crippen molar-refractivity contribution in [3.8, 4) is 12.3 Å². The molecule has 2 aromatic carbocycles. The lowest BCUT2D eigenvalue weighted by atomic mass is 10.1. The number of hydrogen-bond acceptors (Lipinski definition) is 5. The van der Waals surface area contributed by atoms with Crippen molar-refractivity contribution in [1.29, 1.82) is 0 Å². The molecule has 0 spiro atoms. The van der Waals surface area contributed by atoms with Gasteiger partial charge in [0, 0.05) is 43.6 Å². The van der Waals surface area contributed by atoms with Crippen LogP contribution in [0.1, 0.15) is 12.0 Å². The molecule has 0 aliphatic carbocycles. The molecule has 2 N–H and O–H groups in total. The number of ether oxygens (including phenoxy) is 2. The number of benzene rings is 2. The smallest absolute Gasteiger partial charge is 0.322 e. The van der Waals surface area contributed by atoms with E-state index in [1.54, 1.807) is 30.3 Å². The Morgan fingerprint density at radius 1 is 1.20 bits per heavy atom. The summed E-state index contributed by atoms with van der Waals surface area (Å²) in [6.07, 6.45) is 5.27. The van der Waals surface area contributed by atoms with E-state index in [1.165, 1.54) is 29.0 Å². The van der Waals surface area contributed by atoms with Crippen molar-refractivity contribution in [2.24, 2.45) is 0 Å². The average molecular weight is 480 g/mol. The van der Waals surface area contributed by atoms with Gasteiger partial charge >= 0.3 is 6.03 Å². The molecule has 10 heteroatoms. The van der Waals surface area contributed by atoms with Crippen LogP contribution >= 0.6 is 0 Å². The van der Waals surface area contributed by atoms with Crippen LogP contribution in [-0.2, 0) is 19.1 Å². The Kier molecular flexibility index (Phi) is 7.29. The molecule has 2 saturated heterocycles. The standard InChI is InChI=1S/C25H25FN4O5/c1-3-16-4-6-17(7-5-16)27-25(33)30-14-19(34-2)13-22(30)24(32)28-21-9-8-18(12-20(21)26)29-10-11-35-15-23(29)31/h1,4-9,12,19,22H,10-11,13-15H2,2H3,(H,27,33)(H,28,32). The minimum absolute atomic E-state index is 0.0504. The van der Waals surface area contributed by atoms with E-state index in [4.69, 9.17) is 15.9 Å². The van der Waals surface area contributed by atoms with Crippen molar-refractivity contribution < 1.29 is 28.2 Å². The van der Waals surface area contributed by atoms with E-state index in [1.807, 2.05) is 0 Å². The summed E-state index contributed by atoms with van der Waals surface area (Å²) >= 11 is 0. The fraction of sp³-hybridized carbons (Fsp3) is 0.320. The number of rotatable bonds is 5. The summed E-state index contributed by atoms with van der Waals surface area (Å²) in [4.78, 5) is 40.8. The number of hydrogen-bond donors (Lipinski definition) is 2. The number of morpholine rings is 1. The Balaban J connectivity index is 1.46. The van der Waals surface area contributed by atoms with Crippen molar-refractivity contribution in [2.45, 2.75) is 18.6 Å². The first-order chi connectivity index (χ1) is 16.9. The third-order valence-corrected chi connectivity index (χ3v) is 5.97. The highest BCUT2D eigenvalue weighted by Gasteiger charge is 2.40. The van der Waals surface area contributed by atoms with E-state index in [-0.39, 0.29) is 37.3 Å². The highest BCUT2D eigenvalue weighted by Crippen LogP contribution is 2.26. The van der Waals surface area contributed by atoms with Crippen LogP contribution in [0, 0.1) is 18.2 Å². The second-order valence-electron chi connectivity index (χ2n) is 8.16. The molecular formula is C25H25FN4O5. The maximum absolute atomic E-state index is 14.8. The Morgan fingerprint density at radius 2 is 1.97 bits per heavy atom. The van der Waals surface area contributed by atoms with Crippen LogP contribution in [0.4, 0.5) is 26.2 Å². The van der Waals surface area contributed by atoms with Gasteiger partial charge < -0.3 is 29.9 Å². The summed E-state index contributed by atoms with van der Waals surface area (Å²) in [5, 5.41) is 5.31. The number of anilines is 3. The third-order valence-electron chi connectivity index (χ3n) is 5.97. The first-order valence-corrected chi connectivity index (χ1v) is 11.0. The fourth-order valence-corrected chi connectivity index (χ4v) is 4.07. The normalized spacial score (nSPS) is 19.9. The van der Waals surface area contributed by atoms with Crippen LogP contribution in [0.2, 0.25) is 0 Å². The van der Waals surface area contributed by atoms with Gasteiger partial charge in [-0.2, -0.15) is 0 Å². The molecule has 2 aliphatic rings. The van der Waals surface area contributed by atoms with Crippen molar-refractivity contribution in [2.75, 3.05) is 48.9 Å². The molecule has 2 unspecified atom stereocenters. The molecule has 9 nitrogen and oxygen atoms in total. The van der Waals surface area contributed by atoms with Crippen LogP contribution < -0.4 is 15.5 Å². The SMILES string of the molecule is C#Cc1ccc(NC(=O)N2CC(OC)CC2C(=O)Nc2ccc(N3CCOCC3=O)cc2F)cc1. The zero-order valence-corrected chi connectivity index (χ0v) is 19.1. The zero-order valence-electron chi connectivity index (χ0n) is 19.1. The van der Waals surface area contributed by atoms with E-state index in [2.05, 4.69) is 16.6 Å². The van der Waals surface area contributed by atoms with E-state index in [9.17, 15) is 18.8 Å². The lowest BCUT2D eigenvalue weighted by Gasteiger charge is -2.27. The minimum Gasteiger partial charge on any atom is -0.380 e. The van der Waals surface area contributed by atoms with E-state index >= 15 is 0 Å². The first-order valence-electron chi connectivity index (χ1n) is 11.0. The van der Waals surface area contributed by atoms with E-state index in [0.29, 0.717) is 30.1 Å². The summed E-state index contributed by atoms with van der Waals surface area (Å²) in [5.74, 6) is 0.999. The van der Waals surface area contributed by atoms with Gasteiger partial charge in [0.2, 0.25) is 5.91 Å². The number of urea groups is 1. The predicted molar refractivity (Wildman–Crippen MR) is 128 cm³/mol. The molecular weight excluding hydrogens is 455 g/mol. The zero-order chi connectivity index (χ0) is 24.9. The molecule has 0 bridgehead atoms. The summed E-state index contributed by atoms with van der Waals surface area (Å²) in [6.45, 7) is 0.817. The number of carbonyl (C=O) groups excluding carboxylic acids is 3. The number of nitrogens with zero attached hydrogens (tertiary/aromatic N) is 2. The van der Waals surface area contributed by atoms with Crippen LogP contribution in [0.15, 0.2) is 42.5 Å². The molecule has 4 amide bonds. The molecule has 4 rings (SSSR count). The maximum atomic E-state index is 14.8.